The molecule has 26 heavy (non-hydrogen) atoms. The minimum Gasteiger partial charge on any atom is -0.292 e. The van der Waals surface area contributed by atoms with Crippen LogP contribution in [0, 0.1) is 0 Å². The van der Waals surface area contributed by atoms with Crippen LogP contribution in [0.25, 0.3) is 5.69 Å². The lowest BCUT2D eigenvalue weighted by atomic mass is 9.92. The van der Waals surface area contributed by atoms with E-state index in [4.69, 9.17) is 0 Å². The highest BCUT2D eigenvalue weighted by Gasteiger charge is 2.21. The first-order valence-corrected chi connectivity index (χ1v) is 8.51. The zero-order valence-electron chi connectivity index (χ0n) is 14.8. The maximum atomic E-state index is 12.3. The summed E-state index contributed by atoms with van der Waals surface area (Å²) in [6.45, 7) is 6.21. The van der Waals surface area contributed by atoms with E-state index >= 15 is 0 Å². The highest BCUT2D eigenvalue weighted by molar-refractivity contribution is 7.80. The van der Waals surface area contributed by atoms with Gasteiger partial charge < -0.3 is 0 Å². The zero-order valence-corrected chi connectivity index (χ0v) is 15.7. The number of amides is 2. The van der Waals surface area contributed by atoms with Crippen molar-refractivity contribution >= 4 is 30.3 Å². The molecule has 8 heteroatoms. The van der Waals surface area contributed by atoms with Crippen LogP contribution in [0.3, 0.4) is 0 Å². The van der Waals surface area contributed by atoms with Crippen molar-refractivity contribution in [1.29, 1.82) is 0 Å². The number of benzene rings is 1. The third kappa shape index (κ3) is 4.20. The van der Waals surface area contributed by atoms with Gasteiger partial charge in [-0.1, -0.05) is 20.8 Å². The first-order valence-electron chi connectivity index (χ1n) is 8.07. The molecule has 134 valence electrons. The Bertz CT molecular complexity index is 900. The van der Waals surface area contributed by atoms with Crippen LogP contribution < -0.4 is 10.6 Å². The highest BCUT2D eigenvalue weighted by Crippen LogP contribution is 2.26. The van der Waals surface area contributed by atoms with Crippen molar-refractivity contribution in [2.24, 2.45) is 0 Å². The molecular formula is C18H20N6OS. The van der Waals surface area contributed by atoms with Crippen LogP contribution in [-0.4, -0.2) is 25.8 Å². The van der Waals surface area contributed by atoms with E-state index in [1.54, 1.807) is 16.9 Å². The van der Waals surface area contributed by atoms with E-state index in [0.717, 1.165) is 16.3 Å². The van der Waals surface area contributed by atoms with Crippen molar-refractivity contribution in [3.05, 3.63) is 54.6 Å². The Kier molecular flexibility index (Phi) is 4.94. The molecular weight excluding hydrogens is 348 g/mol. The number of rotatable bonds is 3. The molecule has 0 saturated heterocycles. The second-order valence-corrected chi connectivity index (χ2v) is 7.28. The lowest BCUT2D eigenvalue weighted by molar-refractivity contribution is 0.262. The Morgan fingerprint density at radius 3 is 2.46 bits per heavy atom. The minimum absolute atomic E-state index is 0.158. The molecule has 7 nitrogen and oxygen atoms in total. The van der Waals surface area contributed by atoms with Gasteiger partial charge in [0.25, 0.3) is 0 Å². The molecule has 3 aromatic rings. The maximum Gasteiger partial charge on any atom is 0.326 e. The summed E-state index contributed by atoms with van der Waals surface area (Å²) >= 11 is 4.31. The first-order chi connectivity index (χ1) is 12.3. The fourth-order valence-corrected chi connectivity index (χ4v) is 2.40. The first kappa shape index (κ1) is 17.9. The quantitative estimate of drug-likeness (QED) is 0.612. The average molecular weight is 368 g/mol. The average Bonchev–Trinajstić information content (AvgIpc) is 3.00. The number of carbonyl (C=O) groups is 1. The number of nitrogens with one attached hydrogen (secondary N) is 2. The lowest BCUT2D eigenvalue weighted by Gasteiger charge is -2.14. The fourth-order valence-electron chi connectivity index (χ4n) is 2.26. The van der Waals surface area contributed by atoms with Crippen molar-refractivity contribution in [3.63, 3.8) is 0 Å². The highest BCUT2D eigenvalue weighted by atomic mass is 32.1. The summed E-state index contributed by atoms with van der Waals surface area (Å²) < 4.78 is 1.70. The van der Waals surface area contributed by atoms with Gasteiger partial charge in [-0.15, -0.1) is 12.6 Å². The largest absolute Gasteiger partial charge is 0.326 e. The molecule has 2 N–H and O–H groups in total. The summed E-state index contributed by atoms with van der Waals surface area (Å²) in [5.74, 6) is 0.979. The van der Waals surface area contributed by atoms with Crippen molar-refractivity contribution < 1.29 is 4.79 Å². The normalized spacial score (nSPS) is 11.2. The smallest absolute Gasteiger partial charge is 0.292 e. The van der Waals surface area contributed by atoms with Gasteiger partial charge >= 0.3 is 6.03 Å². The predicted octanol–water partition coefficient (Wildman–Crippen LogP) is 3.89. The molecule has 0 saturated carbocycles. The standard InChI is InChI=1S/C18H20N6OS/c1-18(2,3)14-10-16(22-17(25)21-15-8-9-19-11-20-15)24(23-14)12-4-6-13(26)7-5-12/h4-11,26H,1-3H3,(H2,19,20,21,22,25). The van der Waals surface area contributed by atoms with Crippen molar-refractivity contribution in [1.82, 2.24) is 19.7 Å². The number of carbonyl (C=O) groups excluding carboxylic acids is 1. The number of anilines is 2. The third-order valence-electron chi connectivity index (χ3n) is 3.64. The Morgan fingerprint density at radius 1 is 1.12 bits per heavy atom. The molecule has 0 fully saturated rings. The van der Waals surface area contributed by atoms with Crippen LogP contribution in [-0.2, 0) is 5.41 Å². The van der Waals surface area contributed by atoms with Crippen molar-refractivity contribution in [2.75, 3.05) is 10.6 Å². The third-order valence-corrected chi connectivity index (χ3v) is 3.94. The topological polar surface area (TPSA) is 84.7 Å². The van der Waals surface area contributed by atoms with Gasteiger partial charge in [-0.05, 0) is 30.3 Å². The van der Waals surface area contributed by atoms with E-state index in [0.29, 0.717) is 11.6 Å². The van der Waals surface area contributed by atoms with Gasteiger partial charge in [0.2, 0.25) is 0 Å². The van der Waals surface area contributed by atoms with Crippen LogP contribution in [0.15, 0.2) is 53.8 Å². The van der Waals surface area contributed by atoms with Gasteiger partial charge in [0.05, 0.1) is 11.4 Å². The van der Waals surface area contributed by atoms with Gasteiger partial charge in [0, 0.05) is 22.6 Å². The van der Waals surface area contributed by atoms with E-state index in [-0.39, 0.29) is 5.41 Å². The van der Waals surface area contributed by atoms with E-state index in [9.17, 15) is 4.79 Å². The number of nitrogens with zero attached hydrogens (tertiary/aromatic N) is 4. The molecule has 0 radical (unpaired) electrons. The van der Waals surface area contributed by atoms with E-state index in [1.165, 1.54) is 6.33 Å². The summed E-state index contributed by atoms with van der Waals surface area (Å²) in [5, 5.41) is 10.2. The lowest BCUT2D eigenvalue weighted by Crippen LogP contribution is -2.21. The monoisotopic (exact) mass is 368 g/mol. The van der Waals surface area contributed by atoms with Crippen LogP contribution in [0.4, 0.5) is 16.4 Å². The molecule has 0 bridgehead atoms. The molecule has 0 aliphatic rings. The molecule has 0 aliphatic heterocycles. The van der Waals surface area contributed by atoms with Gasteiger partial charge in [0.1, 0.15) is 18.0 Å². The van der Waals surface area contributed by atoms with Crippen LogP contribution in [0.1, 0.15) is 26.5 Å². The second-order valence-electron chi connectivity index (χ2n) is 6.77. The molecule has 0 spiro atoms. The molecule has 0 unspecified atom stereocenters. The molecule has 2 amide bonds. The SMILES string of the molecule is CC(C)(C)c1cc(NC(=O)Nc2ccncn2)n(-c2ccc(S)cc2)n1. The van der Waals surface area contributed by atoms with Gasteiger partial charge in [-0.3, -0.25) is 10.6 Å². The van der Waals surface area contributed by atoms with E-state index in [1.807, 2.05) is 30.3 Å². The molecule has 0 atom stereocenters. The van der Waals surface area contributed by atoms with E-state index < -0.39 is 6.03 Å². The number of thiol groups is 1. The number of aromatic nitrogens is 4. The van der Waals surface area contributed by atoms with Crippen LogP contribution in [0.5, 0.6) is 0 Å². The summed E-state index contributed by atoms with van der Waals surface area (Å²) in [7, 11) is 0. The summed E-state index contributed by atoms with van der Waals surface area (Å²) in [6, 6.07) is 10.6. The van der Waals surface area contributed by atoms with Gasteiger partial charge in [-0.25, -0.2) is 19.4 Å². The minimum atomic E-state index is -0.406. The van der Waals surface area contributed by atoms with E-state index in [2.05, 4.69) is 59.1 Å². The molecule has 1 aromatic carbocycles. The Labute approximate surface area is 157 Å². The maximum absolute atomic E-state index is 12.3. The molecule has 0 aliphatic carbocycles. The number of hydrogen-bond donors (Lipinski definition) is 3. The van der Waals surface area contributed by atoms with Crippen LogP contribution >= 0.6 is 12.6 Å². The Balaban J connectivity index is 1.90. The Morgan fingerprint density at radius 2 is 1.85 bits per heavy atom. The van der Waals surface area contributed by atoms with Crippen molar-refractivity contribution in [2.45, 2.75) is 31.1 Å². The summed E-state index contributed by atoms with van der Waals surface area (Å²) in [6.07, 6.45) is 2.93. The predicted molar refractivity (Wildman–Crippen MR) is 104 cm³/mol. The Hall–Kier alpha value is -2.87. The van der Waals surface area contributed by atoms with Crippen molar-refractivity contribution in [3.8, 4) is 5.69 Å². The van der Waals surface area contributed by atoms with Gasteiger partial charge in [-0.2, -0.15) is 5.10 Å². The summed E-state index contributed by atoms with van der Waals surface area (Å²) in [4.78, 5) is 21.0. The number of hydrogen-bond acceptors (Lipinski definition) is 5. The second kappa shape index (κ2) is 7.17. The molecule has 2 aromatic heterocycles. The van der Waals surface area contributed by atoms with Gasteiger partial charge in [0.15, 0.2) is 0 Å². The zero-order chi connectivity index (χ0) is 18.7. The number of urea groups is 1. The molecule has 3 rings (SSSR count). The summed E-state index contributed by atoms with van der Waals surface area (Å²) in [5.41, 5.74) is 1.54. The van der Waals surface area contributed by atoms with Crippen LogP contribution in [0.2, 0.25) is 0 Å². The molecule has 2 heterocycles. The fraction of sp³-hybridized carbons (Fsp3) is 0.222.